The number of furan rings is 1. The van der Waals surface area contributed by atoms with Crippen molar-refractivity contribution in [2.45, 2.75) is 33.1 Å². The molecule has 0 aliphatic heterocycles. The lowest BCUT2D eigenvalue weighted by Gasteiger charge is -2.37. The number of carbonyl (C=O) groups excluding carboxylic acids is 1. The molecular formula is C13H16O2. The molecule has 0 aromatic carbocycles. The summed E-state index contributed by atoms with van der Waals surface area (Å²) in [6.45, 7) is 4.51. The molecule has 0 radical (unpaired) electrons. The highest BCUT2D eigenvalue weighted by atomic mass is 16.3. The third kappa shape index (κ3) is 1.02. The molecule has 1 heterocycles. The summed E-state index contributed by atoms with van der Waals surface area (Å²) in [6, 6.07) is 1.83. The van der Waals surface area contributed by atoms with Crippen molar-refractivity contribution in [2.75, 3.05) is 0 Å². The molecule has 0 saturated heterocycles. The Bertz CT molecular complexity index is 418. The molecule has 1 aromatic rings. The minimum Gasteiger partial charge on any atom is -0.469 e. The number of fused-ring (bicyclic) bond motifs is 2. The van der Waals surface area contributed by atoms with Crippen LogP contribution in [0.25, 0.3) is 0 Å². The van der Waals surface area contributed by atoms with E-state index in [-0.39, 0.29) is 11.3 Å². The van der Waals surface area contributed by atoms with Crippen molar-refractivity contribution in [1.82, 2.24) is 0 Å². The lowest BCUT2D eigenvalue weighted by Crippen LogP contribution is -2.38. The summed E-state index contributed by atoms with van der Waals surface area (Å²) in [5.41, 5.74) is 0.980. The highest BCUT2D eigenvalue weighted by Crippen LogP contribution is 2.53. The smallest absolute Gasteiger partial charge is 0.170 e. The van der Waals surface area contributed by atoms with Gasteiger partial charge >= 0.3 is 0 Å². The van der Waals surface area contributed by atoms with Crippen LogP contribution in [0.4, 0.5) is 0 Å². The van der Waals surface area contributed by atoms with Crippen LogP contribution in [0.5, 0.6) is 0 Å². The summed E-state index contributed by atoms with van der Waals surface area (Å²) in [6.07, 6.45) is 4.82. The van der Waals surface area contributed by atoms with Crippen LogP contribution in [0.3, 0.4) is 0 Å². The molecule has 2 nitrogen and oxygen atoms in total. The Kier molecular flexibility index (Phi) is 1.68. The number of hydrogen-bond acceptors (Lipinski definition) is 2. The van der Waals surface area contributed by atoms with Gasteiger partial charge in [-0.05, 0) is 30.2 Å². The minimum absolute atomic E-state index is 0.141. The molecule has 0 bridgehead atoms. The van der Waals surface area contributed by atoms with Crippen LogP contribution < -0.4 is 0 Å². The maximum absolute atomic E-state index is 12.3. The van der Waals surface area contributed by atoms with Crippen LogP contribution in [-0.2, 0) is 6.42 Å². The number of Topliss-reactive ketones (excluding diaryl/α,β-unsaturated/α-hetero) is 1. The van der Waals surface area contributed by atoms with Gasteiger partial charge in [0.05, 0.1) is 11.8 Å². The van der Waals surface area contributed by atoms with Gasteiger partial charge in [0.25, 0.3) is 0 Å². The third-order valence-corrected chi connectivity index (χ3v) is 4.68. The Morgan fingerprint density at radius 1 is 1.47 bits per heavy atom. The molecule has 80 valence electrons. The fourth-order valence-electron chi connectivity index (χ4n) is 3.38. The van der Waals surface area contributed by atoms with Gasteiger partial charge in [-0.2, -0.15) is 0 Å². The minimum atomic E-state index is 0.141. The van der Waals surface area contributed by atoms with E-state index >= 15 is 0 Å². The van der Waals surface area contributed by atoms with Crippen molar-refractivity contribution in [1.29, 1.82) is 0 Å². The Hall–Kier alpha value is -1.05. The quantitative estimate of drug-likeness (QED) is 0.650. The first-order valence-corrected chi connectivity index (χ1v) is 5.73. The molecule has 1 saturated carbocycles. The van der Waals surface area contributed by atoms with E-state index in [2.05, 4.69) is 13.8 Å². The number of hydrogen-bond donors (Lipinski definition) is 0. The van der Waals surface area contributed by atoms with Crippen LogP contribution in [0.15, 0.2) is 16.7 Å². The number of rotatable bonds is 0. The molecule has 2 heteroatoms. The van der Waals surface area contributed by atoms with E-state index in [1.807, 2.05) is 6.07 Å². The Balaban J connectivity index is 2.12. The van der Waals surface area contributed by atoms with Crippen LogP contribution >= 0.6 is 0 Å². The highest BCUT2D eigenvalue weighted by molar-refractivity contribution is 6.00. The summed E-state index contributed by atoms with van der Waals surface area (Å²) < 4.78 is 5.43. The number of ketones is 1. The summed E-state index contributed by atoms with van der Waals surface area (Å²) in [5, 5.41) is 0. The molecule has 1 fully saturated rings. The fraction of sp³-hybridized carbons (Fsp3) is 0.615. The fourth-order valence-corrected chi connectivity index (χ4v) is 3.38. The first-order valence-electron chi connectivity index (χ1n) is 5.73. The molecule has 0 N–H and O–H groups in total. The molecule has 15 heavy (non-hydrogen) atoms. The van der Waals surface area contributed by atoms with Crippen LogP contribution in [0.2, 0.25) is 0 Å². The van der Waals surface area contributed by atoms with E-state index in [0.29, 0.717) is 11.7 Å². The second kappa shape index (κ2) is 2.75. The molecule has 0 spiro atoms. The van der Waals surface area contributed by atoms with Crippen LogP contribution in [0, 0.1) is 17.3 Å². The van der Waals surface area contributed by atoms with E-state index in [0.717, 1.165) is 24.2 Å². The predicted molar refractivity (Wildman–Crippen MR) is 56.7 cm³/mol. The molecule has 1 aromatic heterocycles. The van der Waals surface area contributed by atoms with Gasteiger partial charge in [-0.25, -0.2) is 0 Å². The van der Waals surface area contributed by atoms with E-state index in [1.54, 1.807) is 6.26 Å². The summed E-state index contributed by atoms with van der Waals surface area (Å²) >= 11 is 0. The van der Waals surface area contributed by atoms with Gasteiger partial charge in [0.15, 0.2) is 5.78 Å². The van der Waals surface area contributed by atoms with Gasteiger partial charge < -0.3 is 4.42 Å². The van der Waals surface area contributed by atoms with Crippen molar-refractivity contribution >= 4 is 5.78 Å². The lowest BCUT2D eigenvalue weighted by atomic mass is 9.65. The van der Waals surface area contributed by atoms with Gasteiger partial charge in [-0.3, -0.25) is 4.79 Å². The molecule has 3 unspecified atom stereocenters. The zero-order valence-electron chi connectivity index (χ0n) is 9.25. The Morgan fingerprint density at radius 3 is 3.07 bits per heavy atom. The monoisotopic (exact) mass is 204 g/mol. The maximum Gasteiger partial charge on any atom is 0.170 e. The average molecular weight is 204 g/mol. The van der Waals surface area contributed by atoms with Gasteiger partial charge in [0.1, 0.15) is 5.76 Å². The molecular weight excluding hydrogens is 188 g/mol. The maximum atomic E-state index is 12.3. The second-order valence-electron chi connectivity index (χ2n) is 5.34. The average Bonchev–Trinajstić information content (AvgIpc) is 2.74. The highest BCUT2D eigenvalue weighted by Gasteiger charge is 2.52. The first kappa shape index (κ1) is 9.20. The van der Waals surface area contributed by atoms with E-state index < -0.39 is 0 Å². The number of carbonyl (C=O) groups is 1. The zero-order chi connectivity index (χ0) is 10.6. The summed E-state index contributed by atoms with van der Waals surface area (Å²) in [4.78, 5) is 12.3. The van der Waals surface area contributed by atoms with Gasteiger partial charge in [0.2, 0.25) is 0 Å². The second-order valence-corrected chi connectivity index (χ2v) is 5.34. The molecule has 0 amide bonds. The Morgan fingerprint density at radius 2 is 2.27 bits per heavy atom. The van der Waals surface area contributed by atoms with E-state index in [9.17, 15) is 4.79 Å². The SMILES string of the molecule is CC1CCC2C(=O)c3ccoc3CC12C. The van der Waals surface area contributed by atoms with Crippen molar-refractivity contribution in [3.8, 4) is 0 Å². The largest absolute Gasteiger partial charge is 0.469 e. The summed E-state index contributed by atoms with van der Waals surface area (Å²) in [5.74, 6) is 2.09. The topological polar surface area (TPSA) is 30.2 Å². The van der Waals surface area contributed by atoms with Gasteiger partial charge in [-0.1, -0.05) is 13.8 Å². The van der Waals surface area contributed by atoms with Gasteiger partial charge in [-0.15, -0.1) is 0 Å². The van der Waals surface area contributed by atoms with E-state index in [1.165, 1.54) is 6.42 Å². The van der Waals surface area contributed by atoms with Crippen molar-refractivity contribution in [3.63, 3.8) is 0 Å². The predicted octanol–water partition coefficient (Wildman–Crippen LogP) is 3.07. The van der Waals surface area contributed by atoms with Crippen LogP contribution in [0.1, 0.15) is 42.8 Å². The van der Waals surface area contributed by atoms with Crippen molar-refractivity contribution < 1.29 is 9.21 Å². The van der Waals surface area contributed by atoms with Crippen LogP contribution in [-0.4, -0.2) is 5.78 Å². The van der Waals surface area contributed by atoms with Crippen molar-refractivity contribution in [3.05, 3.63) is 23.7 Å². The molecule has 3 atom stereocenters. The standard InChI is InChI=1S/C13H16O2/c1-8-3-4-10-12(14)9-5-6-15-11(9)7-13(8,10)2/h5-6,8,10H,3-4,7H2,1-2H3. The normalized spacial score (nSPS) is 38.9. The molecule has 2 aliphatic rings. The van der Waals surface area contributed by atoms with E-state index in [4.69, 9.17) is 4.42 Å². The lowest BCUT2D eigenvalue weighted by molar-refractivity contribution is 0.0715. The van der Waals surface area contributed by atoms with Gasteiger partial charge in [0, 0.05) is 12.3 Å². The van der Waals surface area contributed by atoms with Crippen molar-refractivity contribution in [2.24, 2.45) is 17.3 Å². The zero-order valence-corrected chi connectivity index (χ0v) is 9.25. The molecule has 3 rings (SSSR count). The first-order chi connectivity index (χ1) is 7.13. The third-order valence-electron chi connectivity index (χ3n) is 4.68. The molecule has 2 aliphatic carbocycles. The Labute approximate surface area is 89.7 Å². The summed E-state index contributed by atoms with van der Waals surface area (Å²) in [7, 11) is 0.